The first-order valence-electron chi connectivity index (χ1n) is 24.8. The molecule has 10 rings (SSSR count). The number of carbonyl (C=O) groups is 6. The Morgan fingerprint density at radius 2 is 1.53 bits per heavy atom. The molecule has 1 atom stereocenters. The summed E-state index contributed by atoms with van der Waals surface area (Å²) >= 11 is 0. The number of ketones is 1. The zero-order chi connectivity index (χ0) is 51.3. The van der Waals surface area contributed by atoms with Crippen LogP contribution in [0.25, 0.3) is 22.2 Å². The number of fused-ring (bicyclic) bond motifs is 2. The van der Waals surface area contributed by atoms with Crippen molar-refractivity contribution in [2.45, 2.75) is 64.1 Å². The topological polar surface area (TPSA) is 209 Å². The molecule has 21 heteroatoms. The van der Waals surface area contributed by atoms with Gasteiger partial charge in [0.1, 0.15) is 17.5 Å². The number of aromatic amines is 1. The van der Waals surface area contributed by atoms with Crippen molar-refractivity contribution in [1.29, 1.82) is 0 Å². The van der Waals surface area contributed by atoms with Crippen molar-refractivity contribution >= 4 is 67.9 Å². The summed E-state index contributed by atoms with van der Waals surface area (Å²) < 4.78 is 59.0. The van der Waals surface area contributed by atoms with Crippen molar-refractivity contribution in [3.63, 3.8) is 0 Å². The molecule has 0 aliphatic carbocycles. The predicted octanol–water partition coefficient (Wildman–Crippen LogP) is 4.77. The number of hydrogen-bond acceptors (Lipinski definition) is 12. The maximum atomic E-state index is 15.7. The highest BCUT2D eigenvalue weighted by Crippen LogP contribution is 2.34. The molecule has 73 heavy (non-hydrogen) atoms. The molecule has 3 N–H and O–H groups in total. The number of hydrogen-bond donors (Lipinski definition) is 3. The molecule has 0 saturated carbocycles. The highest BCUT2D eigenvalue weighted by molar-refractivity contribution is 7.90. The number of likely N-dealkylation sites (tertiary alicyclic amines) is 1. The van der Waals surface area contributed by atoms with E-state index in [0.717, 1.165) is 96.8 Å². The van der Waals surface area contributed by atoms with E-state index in [2.05, 4.69) is 46.8 Å². The predicted molar refractivity (Wildman–Crippen MR) is 267 cm³/mol. The minimum atomic E-state index is -4.14. The van der Waals surface area contributed by atoms with Crippen molar-refractivity contribution in [3.8, 4) is 11.1 Å². The SMILES string of the molecule is CCN(C)S(=O)(=O)Nc1ccc(F)c(C(=O)c2c[nH]c3ncc(-c4ccc(CN5CCN(C6CCN(C(=O)C7CCN(c8ccc9c(c8)C(=O)N(C8CCC(=O)NC8=O)C9=O)CC7)CC6)CC5)cc4)cc23)c1F. The smallest absolute Gasteiger partial charge is 0.301 e. The average molecular weight is 1020 g/mol. The Labute approximate surface area is 420 Å². The molecule has 2 aromatic heterocycles. The Morgan fingerprint density at radius 1 is 0.822 bits per heavy atom. The van der Waals surface area contributed by atoms with E-state index >= 15 is 8.78 Å². The Kier molecular flexibility index (Phi) is 13.7. The van der Waals surface area contributed by atoms with Crippen LogP contribution in [0.5, 0.6) is 0 Å². The number of benzene rings is 3. The van der Waals surface area contributed by atoms with Gasteiger partial charge in [-0.25, -0.2) is 13.8 Å². The van der Waals surface area contributed by atoms with E-state index in [1.54, 1.807) is 31.3 Å². The average Bonchev–Trinajstić information content (AvgIpc) is 3.94. The lowest BCUT2D eigenvalue weighted by Gasteiger charge is -2.43. The number of piperazine rings is 1. The molecule has 18 nitrogen and oxygen atoms in total. The first-order valence-corrected chi connectivity index (χ1v) is 26.2. The maximum Gasteiger partial charge on any atom is 0.301 e. The van der Waals surface area contributed by atoms with Crippen molar-refractivity contribution in [2.75, 3.05) is 75.6 Å². The lowest BCUT2D eigenvalue weighted by atomic mass is 9.93. The van der Waals surface area contributed by atoms with Crippen LogP contribution >= 0.6 is 0 Å². The summed E-state index contributed by atoms with van der Waals surface area (Å²) in [5.74, 6) is -5.44. The molecular weight excluding hydrogens is 963 g/mol. The number of halogens is 2. The molecule has 0 spiro atoms. The second kappa shape index (κ2) is 20.2. The number of rotatable bonds is 13. The van der Waals surface area contributed by atoms with Crippen LogP contribution in [0.3, 0.4) is 0 Å². The summed E-state index contributed by atoms with van der Waals surface area (Å²) in [6.45, 7) is 8.85. The molecule has 0 bridgehead atoms. The lowest BCUT2D eigenvalue weighted by Crippen LogP contribution is -2.54. The van der Waals surface area contributed by atoms with Crippen LogP contribution in [-0.2, 0) is 31.1 Å². The van der Waals surface area contributed by atoms with Crippen LogP contribution < -0.4 is 14.9 Å². The first-order chi connectivity index (χ1) is 35.1. The van der Waals surface area contributed by atoms with E-state index in [-0.39, 0.29) is 47.9 Å². The number of nitrogens with one attached hydrogen (secondary N) is 3. The highest BCUT2D eigenvalue weighted by atomic mass is 32.2. The second-order valence-corrected chi connectivity index (χ2v) is 21.2. The van der Waals surface area contributed by atoms with E-state index in [0.29, 0.717) is 48.6 Å². The second-order valence-electron chi connectivity index (χ2n) is 19.5. The van der Waals surface area contributed by atoms with Crippen LogP contribution in [-0.4, -0.2) is 156 Å². The van der Waals surface area contributed by atoms with Crippen molar-refractivity contribution in [1.82, 2.24) is 39.2 Å². The fourth-order valence-corrected chi connectivity index (χ4v) is 11.7. The molecule has 5 aliphatic heterocycles. The third kappa shape index (κ3) is 9.73. The van der Waals surface area contributed by atoms with Gasteiger partial charge in [0.25, 0.3) is 11.8 Å². The molecule has 1 unspecified atom stereocenters. The normalized spacial score (nSPS) is 19.8. The minimum absolute atomic E-state index is 0.0174. The number of aromatic nitrogens is 2. The summed E-state index contributed by atoms with van der Waals surface area (Å²) in [5, 5.41) is 2.58. The van der Waals surface area contributed by atoms with E-state index in [1.165, 1.54) is 13.2 Å². The van der Waals surface area contributed by atoms with Crippen LogP contribution in [0.2, 0.25) is 0 Å². The largest absolute Gasteiger partial charge is 0.371 e. The Morgan fingerprint density at radius 3 is 2.23 bits per heavy atom. The summed E-state index contributed by atoms with van der Waals surface area (Å²) in [4.78, 5) is 95.7. The standard InChI is InChI=1S/C52H56F2N10O8S/c1-3-59(2)73(71,72)58-42-11-10-41(53)45(46(42)54)47(66)40-29-56-48-38(40)26-34(28-55-48)32-6-4-31(5-7-32)30-60-22-24-62(25-23-60)35-16-20-63(21-17-35)50(68)33-14-18-61(19-15-33)36-8-9-37-39(27-36)52(70)64(51(37)69)43-12-13-44(65)57-49(43)67/h4-11,26-29,33,35,43,58H,3,12-25,30H2,1-2H3,(H,55,56)(H,57,65,67). The summed E-state index contributed by atoms with van der Waals surface area (Å²) in [6.07, 6.45) is 6.35. The van der Waals surface area contributed by atoms with E-state index < -0.39 is 68.5 Å². The van der Waals surface area contributed by atoms with Crippen LogP contribution in [0.15, 0.2) is 73.1 Å². The molecule has 382 valence electrons. The zero-order valence-electron chi connectivity index (χ0n) is 40.5. The van der Waals surface area contributed by atoms with Gasteiger partial charge in [0.2, 0.25) is 23.5 Å². The molecule has 0 radical (unpaired) electrons. The molecule has 3 aromatic carbocycles. The highest BCUT2D eigenvalue weighted by Gasteiger charge is 2.45. The third-order valence-electron chi connectivity index (χ3n) is 15.2. The number of amides is 5. The van der Waals surface area contributed by atoms with Crippen LogP contribution in [0.1, 0.15) is 87.6 Å². The Hall–Kier alpha value is -6.94. The molecule has 7 heterocycles. The minimum Gasteiger partial charge on any atom is -0.371 e. The summed E-state index contributed by atoms with van der Waals surface area (Å²) in [7, 11) is -2.84. The van der Waals surface area contributed by atoms with Crippen LogP contribution in [0.4, 0.5) is 20.2 Å². The molecule has 4 fully saturated rings. The van der Waals surface area contributed by atoms with Gasteiger partial charge in [-0.3, -0.25) is 53.5 Å². The van der Waals surface area contributed by atoms with E-state index in [1.807, 2.05) is 23.1 Å². The third-order valence-corrected chi connectivity index (χ3v) is 16.8. The number of pyridine rings is 1. The van der Waals surface area contributed by atoms with Gasteiger partial charge < -0.3 is 14.8 Å². The molecule has 5 aromatic rings. The van der Waals surface area contributed by atoms with E-state index in [9.17, 15) is 37.2 Å². The fraction of sp³-hybridized carbons (Fsp3) is 0.404. The molecule has 5 aliphatic rings. The van der Waals surface area contributed by atoms with Crippen molar-refractivity contribution in [2.24, 2.45) is 5.92 Å². The zero-order valence-corrected chi connectivity index (χ0v) is 41.4. The van der Waals surface area contributed by atoms with Gasteiger partial charge in [-0.15, -0.1) is 0 Å². The van der Waals surface area contributed by atoms with Gasteiger partial charge in [0.15, 0.2) is 5.82 Å². The molecule has 4 saturated heterocycles. The summed E-state index contributed by atoms with van der Waals surface area (Å²) in [6, 6.07) is 16.1. The van der Waals surface area contributed by atoms with Crippen molar-refractivity contribution < 1.29 is 46.0 Å². The molecular formula is C52H56F2N10O8S. The number of nitrogens with zero attached hydrogens (tertiary/aromatic N) is 7. The van der Waals surface area contributed by atoms with Gasteiger partial charge in [0.05, 0.1) is 22.4 Å². The number of imide groups is 2. The van der Waals surface area contributed by atoms with Gasteiger partial charge in [-0.2, -0.15) is 12.7 Å². The van der Waals surface area contributed by atoms with Gasteiger partial charge in [-0.05, 0) is 79.6 Å². The summed E-state index contributed by atoms with van der Waals surface area (Å²) in [5.41, 5.74) is 2.82. The van der Waals surface area contributed by atoms with Gasteiger partial charge in [-0.1, -0.05) is 31.2 Å². The van der Waals surface area contributed by atoms with Crippen LogP contribution in [0, 0.1) is 17.6 Å². The Balaban J connectivity index is 0.683. The van der Waals surface area contributed by atoms with Crippen molar-refractivity contribution in [3.05, 3.63) is 113 Å². The first kappa shape index (κ1) is 49.6. The Bertz CT molecular complexity index is 3150. The lowest BCUT2D eigenvalue weighted by molar-refractivity contribution is -0.138. The van der Waals surface area contributed by atoms with E-state index in [4.69, 9.17) is 0 Å². The number of carbonyl (C=O) groups excluding carboxylic acids is 6. The number of H-pyrrole nitrogens is 1. The molecule has 5 amide bonds. The van der Waals surface area contributed by atoms with Gasteiger partial charge in [0, 0.05) is 125 Å². The fourth-order valence-electron chi connectivity index (χ4n) is 10.8. The number of piperidine rings is 3. The quantitative estimate of drug-likeness (QED) is 0.108. The monoisotopic (exact) mass is 1020 g/mol. The van der Waals surface area contributed by atoms with Gasteiger partial charge >= 0.3 is 10.2 Å². The number of anilines is 2. The maximum absolute atomic E-state index is 15.7.